The molecule has 29 heavy (non-hydrogen) atoms. The normalized spacial score (nSPS) is 21.0. The quantitative estimate of drug-likeness (QED) is 0.798. The van der Waals surface area contributed by atoms with E-state index in [-0.39, 0.29) is 30.2 Å². The van der Waals surface area contributed by atoms with Gasteiger partial charge in [-0.2, -0.15) is 0 Å². The summed E-state index contributed by atoms with van der Waals surface area (Å²) in [6.45, 7) is 2.26. The number of likely N-dealkylation sites (tertiary alicyclic amines) is 1. The summed E-state index contributed by atoms with van der Waals surface area (Å²) in [5.74, 6) is 0.462. The van der Waals surface area contributed by atoms with Gasteiger partial charge in [0.2, 0.25) is 10.0 Å². The van der Waals surface area contributed by atoms with Gasteiger partial charge in [-0.3, -0.25) is 9.10 Å². The van der Waals surface area contributed by atoms with Crippen LogP contribution in [0.2, 0.25) is 0 Å². The molecular formula is C21H26ClN3O3S. The highest BCUT2D eigenvalue weighted by atomic mass is 35.5. The summed E-state index contributed by atoms with van der Waals surface area (Å²) >= 11 is 0. The SMILES string of the molecule is CS(=O)(=O)N1CCc2cc(C(=O)N3C[C@@H](CN)[C@H](c4ccccc4)C3)ccc21.Cl. The molecule has 0 radical (unpaired) electrons. The zero-order valence-electron chi connectivity index (χ0n) is 16.3. The van der Waals surface area contributed by atoms with Gasteiger partial charge in [0.15, 0.2) is 0 Å². The van der Waals surface area contributed by atoms with Crippen molar-refractivity contribution in [2.45, 2.75) is 12.3 Å². The fourth-order valence-corrected chi connectivity index (χ4v) is 5.34. The van der Waals surface area contributed by atoms with Gasteiger partial charge in [-0.1, -0.05) is 30.3 Å². The van der Waals surface area contributed by atoms with Crippen LogP contribution in [-0.2, 0) is 16.4 Å². The topological polar surface area (TPSA) is 83.7 Å². The highest BCUT2D eigenvalue weighted by Crippen LogP contribution is 2.34. The minimum Gasteiger partial charge on any atom is -0.338 e. The minimum atomic E-state index is -3.29. The number of hydrogen-bond donors (Lipinski definition) is 1. The molecule has 2 N–H and O–H groups in total. The van der Waals surface area contributed by atoms with Crippen molar-refractivity contribution in [1.29, 1.82) is 0 Å². The maximum absolute atomic E-state index is 13.1. The summed E-state index contributed by atoms with van der Waals surface area (Å²) in [5.41, 5.74) is 9.41. The predicted molar refractivity (Wildman–Crippen MR) is 117 cm³/mol. The summed E-state index contributed by atoms with van der Waals surface area (Å²) in [5, 5.41) is 0. The Labute approximate surface area is 178 Å². The van der Waals surface area contributed by atoms with Gasteiger partial charge in [0, 0.05) is 31.1 Å². The number of carbonyl (C=O) groups excluding carboxylic acids is 1. The zero-order chi connectivity index (χ0) is 19.9. The first-order valence-corrected chi connectivity index (χ1v) is 11.4. The molecule has 0 bridgehead atoms. The van der Waals surface area contributed by atoms with E-state index in [0.29, 0.717) is 43.9 Å². The molecule has 2 heterocycles. The molecule has 2 aliphatic heterocycles. The molecule has 1 amide bonds. The van der Waals surface area contributed by atoms with Crippen molar-refractivity contribution in [2.24, 2.45) is 11.7 Å². The predicted octanol–water partition coefficient (Wildman–Crippen LogP) is 2.25. The number of fused-ring (bicyclic) bond motifs is 1. The van der Waals surface area contributed by atoms with E-state index in [4.69, 9.17) is 5.73 Å². The van der Waals surface area contributed by atoms with Crippen molar-refractivity contribution >= 4 is 34.0 Å². The Hall–Kier alpha value is -2.09. The number of sulfonamides is 1. The smallest absolute Gasteiger partial charge is 0.253 e. The van der Waals surface area contributed by atoms with Crippen LogP contribution in [0.3, 0.4) is 0 Å². The molecule has 6 nitrogen and oxygen atoms in total. The van der Waals surface area contributed by atoms with Gasteiger partial charge >= 0.3 is 0 Å². The number of anilines is 1. The van der Waals surface area contributed by atoms with Crippen LogP contribution in [0.1, 0.15) is 27.4 Å². The standard InChI is InChI=1S/C21H25N3O3S.ClH/c1-28(26,27)24-10-9-16-11-17(7-8-20(16)24)21(25)23-13-18(12-22)19(14-23)15-5-3-2-4-6-15;/h2-8,11,18-19H,9-10,12-14,22H2,1H3;1H/t18-,19+;/m1./s1. The Bertz CT molecular complexity index is 997. The highest BCUT2D eigenvalue weighted by Gasteiger charge is 2.36. The van der Waals surface area contributed by atoms with Gasteiger partial charge in [-0.15, -0.1) is 12.4 Å². The lowest BCUT2D eigenvalue weighted by atomic mass is 9.89. The molecule has 0 aliphatic carbocycles. The van der Waals surface area contributed by atoms with E-state index in [1.165, 1.54) is 16.1 Å². The molecule has 2 aromatic rings. The third-order valence-electron chi connectivity index (χ3n) is 5.84. The van der Waals surface area contributed by atoms with Gasteiger partial charge < -0.3 is 10.6 Å². The highest BCUT2D eigenvalue weighted by molar-refractivity contribution is 7.92. The van der Waals surface area contributed by atoms with Gasteiger partial charge in [0.25, 0.3) is 5.91 Å². The van der Waals surface area contributed by atoms with Crippen molar-refractivity contribution in [3.05, 3.63) is 65.2 Å². The monoisotopic (exact) mass is 435 g/mol. The number of amides is 1. The third-order valence-corrected chi connectivity index (χ3v) is 7.02. The van der Waals surface area contributed by atoms with Crippen LogP contribution in [0.15, 0.2) is 48.5 Å². The van der Waals surface area contributed by atoms with Crippen molar-refractivity contribution in [3.8, 4) is 0 Å². The molecule has 4 rings (SSSR count). The molecular weight excluding hydrogens is 410 g/mol. The second kappa shape index (κ2) is 8.34. The molecule has 0 saturated carbocycles. The van der Waals surface area contributed by atoms with E-state index in [9.17, 15) is 13.2 Å². The van der Waals surface area contributed by atoms with Crippen LogP contribution in [0, 0.1) is 5.92 Å². The molecule has 8 heteroatoms. The fourth-order valence-electron chi connectivity index (χ4n) is 4.39. The summed E-state index contributed by atoms with van der Waals surface area (Å²) in [7, 11) is -3.29. The van der Waals surface area contributed by atoms with E-state index < -0.39 is 10.0 Å². The van der Waals surface area contributed by atoms with E-state index in [0.717, 1.165) is 5.56 Å². The van der Waals surface area contributed by atoms with E-state index >= 15 is 0 Å². The molecule has 2 atom stereocenters. The molecule has 156 valence electrons. The summed E-state index contributed by atoms with van der Waals surface area (Å²) < 4.78 is 25.2. The zero-order valence-corrected chi connectivity index (χ0v) is 18.0. The molecule has 1 fully saturated rings. The summed E-state index contributed by atoms with van der Waals surface area (Å²) in [4.78, 5) is 15.0. The molecule has 0 unspecified atom stereocenters. The van der Waals surface area contributed by atoms with E-state index in [2.05, 4.69) is 12.1 Å². The molecule has 0 spiro atoms. The Morgan fingerprint density at radius 3 is 2.52 bits per heavy atom. The number of halogens is 1. The number of hydrogen-bond acceptors (Lipinski definition) is 4. The summed E-state index contributed by atoms with van der Waals surface area (Å²) in [6, 6.07) is 15.5. The van der Waals surface area contributed by atoms with Crippen LogP contribution in [-0.4, -0.2) is 51.7 Å². The van der Waals surface area contributed by atoms with Gasteiger partial charge in [0.1, 0.15) is 0 Å². The first-order chi connectivity index (χ1) is 13.4. The third kappa shape index (κ3) is 4.13. The number of nitrogens with zero attached hydrogens (tertiary/aromatic N) is 2. The Kier molecular flexibility index (Phi) is 6.22. The Morgan fingerprint density at radius 1 is 1.14 bits per heavy atom. The number of benzene rings is 2. The van der Waals surface area contributed by atoms with Crippen LogP contribution >= 0.6 is 12.4 Å². The van der Waals surface area contributed by atoms with Crippen LogP contribution < -0.4 is 10.0 Å². The van der Waals surface area contributed by atoms with Crippen molar-refractivity contribution in [3.63, 3.8) is 0 Å². The lowest BCUT2D eigenvalue weighted by Gasteiger charge is -2.19. The van der Waals surface area contributed by atoms with Gasteiger partial charge in [0.05, 0.1) is 11.9 Å². The van der Waals surface area contributed by atoms with Gasteiger partial charge in [-0.05, 0) is 48.2 Å². The maximum atomic E-state index is 13.1. The lowest BCUT2D eigenvalue weighted by molar-refractivity contribution is 0.0786. The van der Waals surface area contributed by atoms with Crippen molar-refractivity contribution < 1.29 is 13.2 Å². The first-order valence-electron chi connectivity index (χ1n) is 9.53. The van der Waals surface area contributed by atoms with E-state index in [1.54, 1.807) is 12.1 Å². The average molecular weight is 436 g/mol. The second-order valence-electron chi connectivity index (χ2n) is 7.65. The first kappa shape index (κ1) is 21.6. The van der Waals surface area contributed by atoms with E-state index in [1.807, 2.05) is 29.2 Å². The molecule has 2 aliphatic rings. The molecule has 2 aromatic carbocycles. The molecule has 1 saturated heterocycles. The van der Waals surface area contributed by atoms with Gasteiger partial charge in [-0.25, -0.2) is 8.42 Å². The van der Waals surface area contributed by atoms with Crippen LogP contribution in [0.4, 0.5) is 5.69 Å². The average Bonchev–Trinajstić information content (AvgIpc) is 3.31. The largest absolute Gasteiger partial charge is 0.338 e. The van der Waals surface area contributed by atoms with Crippen LogP contribution in [0.5, 0.6) is 0 Å². The van der Waals surface area contributed by atoms with Crippen molar-refractivity contribution in [1.82, 2.24) is 4.90 Å². The Morgan fingerprint density at radius 2 is 1.86 bits per heavy atom. The van der Waals surface area contributed by atoms with Crippen LogP contribution in [0.25, 0.3) is 0 Å². The Balaban J connectivity index is 0.00000240. The number of rotatable bonds is 4. The second-order valence-corrected chi connectivity index (χ2v) is 9.56. The fraction of sp³-hybridized carbons (Fsp3) is 0.381. The number of carbonyl (C=O) groups is 1. The lowest BCUT2D eigenvalue weighted by Crippen LogP contribution is -2.30. The summed E-state index contributed by atoms with van der Waals surface area (Å²) in [6.07, 6.45) is 1.84. The maximum Gasteiger partial charge on any atom is 0.253 e. The van der Waals surface area contributed by atoms with Crippen molar-refractivity contribution in [2.75, 3.05) is 36.7 Å². The number of nitrogens with two attached hydrogens (primary N) is 1. The molecule has 0 aromatic heterocycles. The minimum absolute atomic E-state index is 0.